The van der Waals surface area contributed by atoms with Crippen molar-refractivity contribution in [3.63, 3.8) is 0 Å². The summed E-state index contributed by atoms with van der Waals surface area (Å²) in [6.07, 6.45) is 4.80. The lowest BCUT2D eigenvalue weighted by molar-refractivity contribution is 0.687. The number of aromatic nitrogens is 1. The van der Waals surface area contributed by atoms with Gasteiger partial charge in [-0.05, 0) is 11.6 Å². The minimum atomic E-state index is 0.549. The molecule has 0 saturated carbocycles. The number of rotatable bonds is 1. The van der Waals surface area contributed by atoms with Crippen LogP contribution in [0.5, 0.6) is 0 Å². The molecule has 12 heavy (non-hydrogen) atoms. The predicted molar refractivity (Wildman–Crippen MR) is 51.1 cm³/mol. The normalized spacial score (nSPS) is 23.8. The SMILES string of the molecule is [c]1ncccc1C1CNCCS1. The third kappa shape index (κ3) is 1.79. The largest absolute Gasteiger partial charge is 0.314 e. The summed E-state index contributed by atoms with van der Waals surface area (Å²) >= 11 is 1.98. The minimum Gasteiger partial charge on any atom is -0.314 e. The fourth-order valence-electron chi connectivity index (χ4n) is 1.28. The molecule has 1 aliphatic rings. The number of thioether (sulfide) groups is 1. The van der Waals surface area contributed by atoms with Gasteiger partial charge in [0.25, 0.3) is 0 Å². The van der Waals surface area contributed by atoms with Gasteiger partial charge < -0.3 is 5.32 Å². The van der Waals surface area contributed by atoms with Crippen LogP contribution in [0.2, 0.25) is 0 Å². The van der Waals surface area contributed by atoms with Crippen molar-refractivity contribution in [3.05, 3.63) is 30.1 Å². The van der Waals surface area contributed by atoms with Gasteiger partial charge in [0, 0.05) is 30.3 Å². The molecule has 0 aromatic carbocycles. The van der Waals surface area contributed by atoms with E-state index in [1.165, 1.54) is 11.3 Å². The summed E-state index contributed by atoms with van der Waals surface area (Å²) in [6.45, 7) is 2.17. The quantitative estimate of drug-likeness (QED) is 0.702. The van der Waals surface area contributed by atoms with Crippen molar-refractivity contribution in [1.82, 2.24) is 10.3 Å². The Kier molecular flexibility index (Phi) is 2.64. The summed E-state index contributed by atoms with van der Waals surface area (Å²) in [4.78, 5) is 3.99. The van der Waals surface area contributed by atoms with Gasteiger partial charge in [-0.15, -0.1) is 0 Å². The Hall–Kier alpha value is -0.540. The molecule has 63 valence electrons. The Morgan fingerprint density at radius 3 is 3.33 bits per heavy atom. The third-order valence-corrected chi connectivity index (χ3v) is 3.17. The van der Waals surface area contributed by atoms with Crippen LogP contribution in [0.15, 0.2) is 18.3 Å². The fourth-order valence-corrected chi connectivity index (χ4v) is 2.38. The van der Waals surface area contributed by atoms with Gasteiger partial charge in [0.1, 0.15) is 0 Å². The second kappa shape index (κ2) is 3.92. The van der Waals surface area contributed by atoms with Gasteiger partial charge in [-0.25, -0.2) is 0 Å². The molecule has 1 N–H and O–H groups in total. The summed E-state index contributed by atoms with van der Waals surface area (Å²) in [5.74, 6) is 1.19. The lowest BCUT2D eigenvalue weighted by Gasteiger charge is -2.21. The lowest BCUT2D eigenvalue weighted by Crippen LogP contribution is -2.28. The highest BCUT2D eigenvalue weighted by Crippen LogP contribution is 2.28. The van der Waals surface area contributed by atoms with Gasteiger partial charge in [-0.3, -0.25) is 4.98 Å². The van der Waals surface area contributed by atoms with Crippen LogP contribution in [0.3, 0.4) is 0 Å². The molecule has 1 atom stereocenters. The summed E-state index contributed by atoms with van der Waals surface area (Å²) in [5.41, 5.74) is 1.22. The lowest BCUT2D eigenvalue weighted by atomic mass is 10.2. The third-order valence-electron chi connectivity index (χ3n) is 1.90. The van der Waals surface area contributed by atoms with Gasteiger partial charge in [0.05, 0.1) is 6.20 Å². The number of pyridine rings is 1. The minimum absolute atomic E-state index is 0.549. The second-order valence-electron chi connectivity index (χ2n) is 2.77. The smallest absolute Gasteiger partial charge is 0.0933 e. The highest BCUT2D eigenvalue weighted by molar-refractivity contribution is 7.99. The molecule has 0 amide bonds. The van der Waals surface area contributed by atoms with Crippen molar-refractivity contribution in [2.24, 2.45) is 0 Å². The first-order chi connectivity index (χ1) is 5.97. The summed E-state index contributed by atoms with van der Waals surface area (Å²) < 4.78 is 0. The van der Waals surface area contributed by atoms with Crippen LogP contribution in [0.25, 0.3) is 0 Å². The van der Waals surface area contributed by atoms with Crippen LogP contribution >= 0.6 is 11.8 Å². The molecule has 2 nitrogen and oxygen atoms in total. The second-order valence-corrected chi connectivity index (χ2v) is 4.08. The Balaban J connectivity index is 2.08. The van der Waals surface area contributed by atoms with E-state index in [9.17, 15) is 0 Å². The molecule has 0 aliphatic carbocycles. The molecule has 2 rings (SSSR count). The van der Waals surface area contributed by atoms with Gasteiger partial charge in [-0.2, -0.15) is 11.8 Å². The Labute approximate surface area is 76.8 Å². The van der Waals surface area contributed by atoms with E-state index in [1.54, 1.807) is 6.20 Å². The van der Waals surface area contributed by atoms with Crippen LogP contribution in [0, 0.1) is 6.20 Å². The summed E-state index contributed by atoms with van der Waals surface area (Å²) in [6, 6.07) is 4.07. The van der Waals surface area contributed by atoms with E-state index in [0.717, 1.165) is 13.1 Å². The Morgan fingerprint density at radius 1 is 1.67 bits per heavy atom. The van der Waals surface area contributed by atoms with Crippen molar-refractivity contribution in [2.45, 2.75) is 5.25 Å². The maximum atomic E-state index is 3.99. The highest BCUT2D eigenvalue weighted by Gasteiger charge is 2.15. The molecule has 1 saturated heterocycles. The fraction of sp³-hybridized carbons (Fsp3) is 0.444. The molecule has 0 spiro atoms. The van der Waals surface area contributed by atoms with E-state index in [1.807, 2.05) is 17.8 Å². The van der Waals surface area contributed by atoms with E-state index < -0.39 is 0 Å². The molecule has 1 aromatic rings. The summed E-state index contributed by atoms with van der Waals surface area (Å²) in [7, 11) is 0. The van der Waals surface area contributed by atoms with Crippen molar-refractivity contribution in [1.29, 1.82) is 0 Å². The van der Waals surface area contributed by atoms with Gasteiger partial charge >= 0.3 is 0 Å². The number of nitrogens with zero attached hydrogens (tertiary/aromatic N) is 1. The van der Waals surface area contributed by atoms with Crippen molar-refractivity contribution < 1.29 is 0 Å². The molecular formula is C9H11N2S. The molecule has 1 aromatic heterocycles. The zero-order chi connectivity index (χ0) is 8.23. The number of hydrogen-bond donors (Lipinski definition) is 1. The monoisotopic (exact) mass is 179 g/mol. The van der Waals surface area contributed by atoms with Gasteiger partial charge in [0.15, 0.2) is 0 Å². The highest BCUT2D eigenvalue weighted by atomic mass is 32.2. The van der Waals surface area contributed by atoms with Crippen LogP contribution < -0.4 is 5.32 Å². The molecule has 0 bridgehead atoms. The number of hydrogen-bond acceptors (Lipinski definition) is 3. The van der Waals surface area contributed by atoms with Gasteiger partial charge in [-0.1, -0.05) is 6.07 Å². The maximum absolute atomic E-state index is 3.99. The van der Waals surface area contributed by atoms with Crippen LogP contribution in [-0.2, 0) is 0 Å². The van der Waals surface area contributed by atoms with Crippen LogP contribution in [-0.4, -0.2) is 23.8 Å². The molecule has 1 aliphatic heterocycles. The van der Waals surface area contributed by atoms with E-state index in [4.69, 9.17) is 0 Å². The standard InChI is InChI=1S/C9H11N2S/c1-2-8(6-10-3-1)9-7-11-4-5-12-9/h1-3,9,11H,4-5,7H2. The average Bonchev–Trinajstić information content (AvgIpc) is 2.21. The van der Waals surface area contributed by atoms with Gasteiger partial charge in [0.2, 0.25) is 0 Å². The maximum Gasteiger partial charge on any atom is 0.0933 e. The first-order valence-corrected chi connectivity index (χ1v) is 5.16. The number of nitrogens with one attached hydrogen (secondary N) is 1. The molecule has 3 heteroatoms. The molecular weight excluding hydrogens is 168 g/mol. The van der Waals surface area contributed by atoms with Crippen LogP contribution in [0.4, 0.5) is 0 Å². The Morgan fingerprint density at radius 2 is 2.67 bits per heavy atom. The van der Waals surface area contributed by atoms with Crippen LogP contribution in [0.1, 0.15) is 10.8 Å². The first-order valence-electron chi connectivity index (χ1n) is 4.12. The van der Waals surface area contributed by atoms with Crippen molar-refractivity contribution >= 4 is 11.8 Å². The molecule has 1 radical (unpaired) electrons. The van der Waals surface area contributed by atoms with E-state index >= 15 is 0 Å². The average molecular weight is 179 g/mol. The molecule has 1 unspecified atom stereocenters. The molecule has 1 fully saturated rings. The van der Waals surface area contributed by atoms with E-state index in [2.05, 4.69) is 22.6 Å². The molecule has 2 heterocycles. The zero-order valence-electron chi connectivity index (χ0n) is 6.79. The van der Waals surface area contributed by atoms with Crippen molar-refractivity contribution in [2.75, 3.05) is 18.8 Å². The van der Waals surface area contributed by atoms with E-state index in [0.29, 0.717) is 5.25 Å². The Bertz CT molecular complexity index is 232. The van der Waals surface area contributed by atoms with E-state index in [-0.39, 0.29) is 0 Å². The van der Waals surface area contributed by atoms with Crippen molar-refractivity contribution in [3.8, 4) is 0 Å². The zero-order valence-corrected chi connectivity index (χ0v) is 7.60. The first kappa shape index (κ1) is 8.08. The predicted octanol–water partition coefficient (Wildman–Crippen LogP) is 1.26. The summed E-state index contributed by atoms with van der Waals surface area (Å²) in [5, 5.41) is 3.91. The topological polar surface area (TPSA) is 24.9 Å².